The molecule has 0 amide bonds. The second kappa shape index (κ2) is 4.33. The average molecular weight is 268 g/mol. The quantitative estimate of drug-likeness (QED) is 0.923. The summed E-state index contributed by atoms with van der Waals surface area (Å²) in [7, 11) is 4.02. The molecule has 0 bridgehead atoms. The predicted molar refractivity (Wildman–Crippen MR) is 66.0 cm³/mol. The van der Waals surface area contributed by atoms with E-state index in [1.165, 1.54) is 5.52 Å². The number of benzene rings is 1. The maximum atomic E-state index is 4.59. The first-order valence-corrected chi connectivity index (χ1v) is 5.77. The van der Waals surface area contributed by atoms with Gasteiger partial charge in [-0.3, -0.25) is 0 Å². The maximum Gasteiger partial charge on any atom is 0.110 e. The molecule has 0 spiro atoms. The molecule has 4 heteroatoms. The lowest BCUT2D eigenvalue weighted by molar-refractivity contribution is 0.726. The van der Waals surface area contributed by atoms with Crippen LogP contribution in [0.15, 0.2) is 22.7 Å². The van der Waals surface area contributed by atoms with Crippen molar-refractivity contribution in [2.24, 2.45) is 7.05 Å². The van der Waals surface area contributed by atoms with Crippen LogP contribution in [0.3, 0.4) is 0 Å². The summed E-state index contributed by atoms with van der Waals surface area (Å²) in [5.41, 5.74) is 2.24. The lowest BCUT2D eigenvalue weighted by atomic mass is 10.3. The number of rotatable bonds is 3. The van der Waals surface area contributed by atoms with E-state index in [1.54, 1.807) is 0 Å². The van der Waals surface area contributed by atoms with Gasteiger partial charge in [0, 0.05) is 24.5 Å². The van der Waals surface area contributed by atoms with E-state index >= 15 is 0 Å². The van der Waals surface area contributed by atoms with Gasteiger partial charge in [-0.2, -0.15) is 0 Å². The number of halogens is 1. The Morgan fingerprint density at radius 1 is 1.47 bits per heavy atom. The van der Waals surface area contributed by atoms with E-state index in [2.05, 4.69) is 43.9 Å². The van der Waals surface area contributed by atoms with Crippen LogP contribution >= 0.6 is 15.9 Å². The number of hydrogen-bond donors (Lipinski definition) is 1. The summed E-state index contributed by atoms with van der Waals surface area (Å²) in [6, 6.07) is 6.17. The molecule has 0 atom stereocenters. The summed E-state index contributed by atoms with van der Waals surface area (Å²) in [4.78, 5) is 4.59. The van der Waals surface area contributed by atoms with Gasteiger partial charge in [-0.05, 0) is 25.2 Å². The van der Waals surface area contributed by atoms with Gasteiger partial charge < -0.3 is 9.88 Å². The summed E-state index contributed by atoms with van der Waals surface area (Å²) in [6.45, 7) is 0.957. The minimum atomic E-state index is 0.957. The van der Waals surface area contributed by atoms with Crippen LogP contribution in [-0.2, 0) is 13.5 Å². The molecule has 0 radical (unpaired) electrons. The van der Waals surface area contributed by atoms with Crippen LogP contribution in [0.5, 0.6) is 0 Å². The van der Waals surface area contributed by atoms with Crippen molar-refractivity contribution in [1.29, 1.82) is 0 Å². The van der Waals surface area contributed by atoms with Crippen molar-refractivity contribution in [2.45, 2.75) is 6.42 Å². The average Bonchev–Trinajstić information content (AvgIpc) is 2.53. The van der Waals surface area contributed by atoms with E-state index < -0.39 is 0 Å². The summed E-state index contributed by atoms with van der Waals surface area (Å²) >= 11 is 3.48. The Bertz CT molecular complexity index is 476. The zero-order chi connectivity index (χ0) is 10.8. The first-order valence-electron chi connectivity index (χ1n) is 4.98. The van der Waals surface area contributed by atoms with E-state index in [9.17, 15) is 0 Å². The Morgan fingerprint density at radius 3 is 3.00 bits per heavy atom. The summed E-state index contributed by atoms with van der Waals surface area (Å²) < 4.78 is 3.25. The van der Waals surface area contributed by atoms with Crippen molar-refractivity contribution in [2.75, 3.05) is 13.6 Å². The van der Waals surface area contributed by atoms with Crippen LogP contribution in [0.2, 0.25) is 0 Å². The molecule has 1 N–H and O–H groups in total. The van der Waals surface area contributed by atoms with Gasteiger partial charge in [0.15, 0.2) is 0 Å². The molecule has 15 heavy (non-hydrogen) atoms. The number of fused-ring (bicyclic) bond motifs is 1. The Labute approximate surface area is 97.6 Å². The van der Waals surface area contributed by atoms with Gasteiger partial charge in [0.2, 0.25) is 0 Å². The van der Waals surface area contributed by atoms with E-state index in [0.29, 0.717) is 0 Å². The van der Waals surface area contributed by atoms with E-state index in [1.807, 2.05) is 19.2 Å². The molecular weight excluding hydrogens is 254 g/mol. The number of imidazole rings is 1. The Morgan fingerprint density at radius 2 is 2.27 bits per heavy atom. The summed E-state index contributed by atoms with van der Waals surface area (Å²) in [6.07, 6.45) is 0.958. The van der Waals surface area contributed by atoms with Crippen molar-refractivity contribution in [1.82, 2.24) is 14.9 Å². The first-order chi connectivity index (χ1) is 7.22. The highest BCUT2D eigenvalue weighted by Crippen LogP contribution is 2.20. The van der Waals surface area contributed by atoms with E-state index in [-0.39, 0.29) is 0 Å². The zero-order valence-electron chi connectivity index (χ0n) is 8.92. The first kappa shape index (κ1) is 10.6. The van der Waals surface area contributed by atoms with Gasteiger partial charge in [-0.25, -0.2) is 4.98 Å². The van der Waals surface area contributed by atoms with Gasteiger partial charge in [-0.1, -0.05) is 15.9 Å². The minimum Gasteiger partial charge on any atom is -0.331 e. The lowest BCUT2D eigenvalue weighted by Gasteiger charge is -2.01. The van der Waals surface area contributed by atoms with E-state index in [0.717, 1.165) is 28.8 Å². The molecule has 0 unspecified atom stereocenters. The molecule has 3 nitrogen and oxygen atoms in total. The Hall–Kier alpha value is -0.870. The number of nitrogens with one attached hydrogen (secondary N) is 1. The highest BCUT2D eigenvalue weighted by Gasteiger charge is 2.06. The Kier molecular flexibility index (Phi) is 3.07. The fourth-order valence-corrected chi connectivity index (χ4v) is 2.02. The van der Waals surface area contributed by atoms with Crippen molar-refractivity contribution in [3.63, 3.8) is 0 Å². The molecule has 1 heterocycles. The molecule has 0 saturated heterocycles. The smallest absolute Gasteiger partial charge is 0.110 e. The monoisotopic (exact) mass is 267 g/mol. The van der Waals surface area contributed by atoms with E-state index in [4.69, 9.17) is 0 Å². The highest BCUT2D eigenvalue weighted by atomic mass is 79.9. The second-order valence-electron chi connectivity index (χ2n) is 3.57. The van der Waals surface area contributed by atoms with Crippen molar-refractivity contribution in [3.05, 3.63) is 28.5 Å². The largest absolute Gasteiger partial charge is 0.331 e. The molecule has 80 valence electrons. The lowest BCUT2D eigenvalue weighted by Crippen LogP contribution is -2.12. The molecule has 2 rings (SSSR count). The van der Waals surface area contributed by atoms with Gasteiger partial charge in [-0.15, -0.1) is 0 Å². The third-order valence-electron chi connectivity index (χ3n) is 2.53. The van der Waals surface area contributed by atoms with Crippen LogP contribution < -0.4 is 5.32 Å². The van der Waals surface area contributed by atoms with Gasteiger partial charge >= 0.3 is 0 Å². The predicted octanol–water partition coefficient (Wildman–Crippen LogP) is 2.10. The van der Waals surface area contributed by atoms with Crippen molar-refractivity contribution in [3.8, 4) is 0 Å². The number of likely N-dealkylation sites (N-methyl/N-ethyl adjacent to an activating group) is 1. The fraction of sp³-hybridized carbons (Fsp3) is 0.364. The number of aromatic nitrogens is 2. The van der Waals surface area contributed by atoms with Crippen LogP contribution in [-0.4, -0.2) is 23.1 Å². The van der Waals surface area contributed by atoms with Crippen LogP contribution in [0, 0.1) is 0 Å². The molecule has 1 aromatic carbocycles. The van der Waals surface area contributed by atoms with Gasteiger partial charge in [0.05, 0.1) is 11.0 Å². The molecular formula is C11H14BrN3. The van der Waals surface area contributed by atoms with Gasteiger partial charge in [0.25, 0.3) is 0 Å². The highest BCUT2D eigenvalue weighted by molar-refractivity contribution is 9.10. The topological polar surface area (TPSA) is 29.9 Å². The van der Waals surface area contributed by atoms with Crippen molar-refractivity contribution < 1.29 is 0 Å². The Balaban J connectivity index is 2.45. The minimum absolute atomic E-state index is 0.957. The number of aryl methyl sites for hydroxylation is 1. The molecule has 2 aromatic rings. The van der Waals surface area contributed by atoms with Crippen LogP contribution in [0.1, 0.15) is 5.82 Å². The second-order valence-corrected chi connectivity index (χ2v) is 4.49. The standard InChI is InChI=1S/C11H14BrN3/c1-13-6-5-11-14-9-4-3-8(12)7-10(9)15(11)2/h3-4,7,13H,5-6H2,1-2H3. The zero-order valence-corrected chi connectivity index (χ0v) is 10.5. The molecule has 1 aromatic heterocycles. The van der Waals surface area contributed by atoms with Gasteiger partial charge in [0.1, 0.15) is 5.82 Å². The normalized spacial score (nSPS) is 11.1. The molecule has 0 aliphatic heterocycles. The molecule has 0 saturated carbocycles. The number of hydrogen-bond acceptors (Lipinski definition) is 2. The fourth-order valence-electron chi connectivity index (χ4n) is 1.67. The third kappa shape index (κ3) is 2.06. The van der Waals surface area contributed by atoms with Crippen LogP contribution in [0.4, 0.5) is 0 Å². The molecule has 0 aliphatic carbocycles. The SMILES string of the molecule is CNCCc1nc2ccc(Br)cc2n1C. The summed E-state index contributed by atoms with van der Waals surface area (Å²) in [5, 5.41) is 3.14. The molecule has 0 fully saturated rings. The van der Waals surface area contributed by atoms with Crippen molar-refractivity contribution >= 4 is 27.0 Å². The molecule has 0 aliphatic rings. The maximum absolute atomic E-state index is 4.59. The van der Waals surface area contributed by atoms with Crippen LogP contribution in [0.25, 0.3) is 11.0 Å². The third-order valence-corrected chi connectivity index (χ3v) is 3.03. The number of nitrogens with zero attached hydrogens (tertiary/aromatic N) is 2. The summed E-state index contributed by atoms with van der Waals surface area (Å²) in [5.74, 6) is 1.12.